The normalized spacial score (nSPS) is 20.4. The number of methoxy groups -OCH3 is 1. The summed E-state index contributed by atoms with van der Waals surface area (Å²) >= 11 is 0. The molecular formula is C17H22N4O5. The lowest BCUT2D eigenvalue weighted by atomic mass is 10.1. The summed E-state index contributed by atoms with van der Waals surface area (Å²) in [6, 6.07) is 4.95. The number of hydrogen-bond donors (Lipinski definition) is 3. The summed E-state index contributed by atoms with van der Waals surface area (Å²) in [5.74, 6) is 0.422. The SMILES string of the molecule is COc1cnc2ccc(=O)n(CCN3C[C@@H](CNC(=O)O)[C@@H](O)C3)c2c1. The van der Waals surface area contributed by atoms with E-state index in [1.807, 2.05) is 4.90 Å². The maximum absolute atomic E-state index is 12.3. The number of pyridine rings is 2. The summed E-state index contributed by atoms with van der Waals surface area (Å²) < 4.78 is 6.83. The average Bonchev–Trinajstić information content (AvgIpc) is 2.98. The predicted molar refractivity (Wildman–Crippen MR) is 94.5 cm³/mol. The molecule has 2 aromatic rings. The first-order chi connectivity index (χ1) is 12.5. The van der Waals surface area contributed by atoms with Gasteiger partial charge in [0.25, 0.3) is 5.56 Å². The summed E-state index contributed by atoms with van der Waals surface area (Å²) in [7, 11) is 1.55. The number of nitrogens with zero attached hydrogens (tertiary/aromatic N) is 3. The number of fused-ring (bicyclic) bond motifs is 1. The molecule has 0 bridgehead atoms. The summed E-state index contributed by atoms with van der Waals surface area (Å²) in [6.45, 7) is 2.24. The smallest absolute Gasteiger partial charge is 0.404 e. The minimum atomic E-state index is -1.10. The molecule has 0 saturated carbocycles. The Balaban J connectivity index is 1.71. The van der Waals surface area contributed by atoms with Gasteiger partial charge in [0, 0.05) is 50.8 Å². The second kappa shape index (κ2) is 7.71. The number of β-amino-alcohol motifs (C(OH)–C–C–N with tert-alkyl or cyclic N) is 1. The Hall–Kier alpha value is -2.65. The molecule has 3 N–H and O–H groups in total. The van der Waals surface area contributed by atoms with Crippen molar-refractivity contribution < 1.29 is 19.7 Å². The number of amides is 1. The van der Waals surface area contributed by atoms with Gasteiger partial charge in [-0.1, -0.05) is 0 Å². The van der Waals surface area contributed by atoms with Crippen molar-refractivity contribution in [2.75, 3.05) is 33.3 Å². The van der Waals surface area contributed by atoms with Gasteiger partial charge in [-0.2, -0.15) is 0 Å². The van der Waals surface area contributed by atoms with Gasteiger partial charge in [-0.15, -0.1) is 0 Å². The maximum Gasteiger partial charge on any atom is 0.404 e. The molecule has 26 heavy (non-hydrogen) atoms. The number of ether oxygens (including phenoxy) is 1. The first kappa shape index (κ1) is 18.2. The van der Waals surface area contributed by atoms with Gasteiger partial charge in [0.15, 0.2) is 0 Å². The van der Waals surface area contributed by atoms with Gasteiger partial charge in [0.1, 0.15) is 5.75 Å². The van der Waals surface area contributed by atoms with Gasteiger partial charge < -0.3 is 24.8 Å². The van der Waals surface area contributed by atoms with Crippen molar-refractivity contribution >= 4 is 17.1 Å². The van der Waals surface area contributed by atoms with E-state index < -0.39 is 12.2 Å². The average molecular weight is 362 g/mol. The monoisotopic (exact) mass is 362 g/mol. The van der Waals surface area contributed by atoms with Gasteiger partial charge in [0.05, 0.1) is 30.4 Å². The Bertz CT molecular complexity index is 853. The second-order valence-corrected chi connectivity index (χ2v) is 6.38. The van der Waals surface area contributed by atoms with E-state index in [2.05, 4.69) is 10.3 Å². The van der Waals surface area contributed by atoms with Crippen LogP contribution >= 0.6 is 0 Å². The quantitative estimate of drug-likeness (QED) is 0.660. The van der Waals surface area contributed by atoms with Crippen molar-refractivity contribution in [3.8, 4) is 5.75 Å². The van der Waals surface area contributed by atoms with Crippen molar-refractivity contribution in [3.63, 3.8) is 0 Å². The highest BCUT2D eigenvalue weighted by Crippen LogP contribution is 2.18. The zero-order chi connectivity index (χ0) is 18.7. The summed E-state index contributed by atoms with van der Waals surface area (Å²) in [5, 5.41) is 21.1. The molecule has 0 radical (unpaired) electrons. The van der Waals surface area contributed by atoms with Crippen LogP contribution in [0.3, 0.4) is 0 Å². The van der Waals surface area contributed by atoms with E-state index in [1.165, 1.54) is 6.07 Å². The highest BCUT2D eigenvalue weighted by Gasteiger charge is 2.31. The fourth-order valence-corrected chi connectivity index (χ4v) is 3.28. The van der Waals surface area contributed by atoms with E-state index in [4.69, 9.17) is 9.84 Å². The van der Waals surface area contributed by atoms with Gasteiger partial charge >= 0.3 is 6.09 Å². The van der Waals surface area contributed by atoms with Crippen molar-refractivity contribution in [1.29, 1.82) is 0 Å². The molecule has 1 aliphatic rings. The molecule has 0 aromatic carbocycles. The van der Waals surface area contributed by atoms with Crippen molar-refractivity contribution in [1.82, 2.24) is 19.8 Å². The number of carboxylic acid groups (broad SMARTS) is 1. The highest BCUT2D eigenvalue weighted by atomic mass is 16.5. The van der Waals surface area contributed by atoms with Crippen LogP contribution in [-0.4, -0.2) is 70.2 Å². The second-order valence-electron chi connectivity index (χ2n) is 6.38. The summed E-state index contributed by atoms with van der Waals surface area (Å²) in [6.07, 6.45) is -0.0825. The first-order valence-corrected chi connectivity index (χ1v) is 8.38. The molecule has 2 aromatic heterocycles. The van der Waals surface area contributed by atoms with Crippen LogP contribution in [0, 0.1) is 5.92 Å². The van der Waals surface area contributed by atoms with E-state index in [1.54, 1.807) is 30.0 Å². The minimum Gasteiger partial charge on any atom is -0.495 e. The van der Waals surface area contributed by atoms with Gasteiger partial charge in [-0.25, -0.2) is 4.79 Å². The number of likely N-dealkylation sites (tertiary alicyclic amines) is 1. The maximum atomic E-state index is 12.3. The lowest BCUT2D eigenvalue weighted by Gasteiger charge is -2.17. The largest absolute Gasteiger partial charge is 0.495 e. The van der Waals surface area contributed by atoms with Crippen LogP contribution in [-0.2, 0) is 6.54 Å². The summed E-state index contributed by atoms with van der Waals surface area (Å²) in [4.78, 5) is 29.2. The molecule has 1 fully saturated rings. The molecule has 9 nitrogen and oxygen atoms in total. The molecule has 0 aliphatic carbocycles. The molecule has 0 spiro atoms. The van der Waals surface area contributed by atoms with Crippen LogP contribution in [0.5, 0.6) is 5.75 Å². The van der Waals surface area contributed by atoms with Gasteiger partial charge in [-0.05, 0) is 6.07 Å². The molecule has 2 atom stereocenters. The molecule has 1 aliphatic heterocycles. The number of carbonyl (C=O) groups is 1. The van der Waals surface area contributed by atoms with E-state index >= 15 is 0 Å². The summed E-state index contributed by atoms with van der Waals surface area (Å²) in [5.41, 5.74) is 1.27. The third kappa shape index (κ3) is 3.94. The predicted octanol–water partition coefficient (Wildman–Crippen LogP) is -0.0346. The number of aromatic nitrogens is 2. The van der Waals surface area contributed by atoms with Gasteiger partial charge in [0.2, 0.25) is 0 Å². The van der Waals surface area contributed by atoms with Crippen LogP contribution in [0.2, 0.25) is 0 Å². The first-order valence-electron chi connectivity index (χ1n) is 8.38. The Morgan fingerprint density at radius 3 is 2.92 bits per heavy atom. The molecule has 0 unspecified atom stereocenters. The molecule has 3 rings (SSSR count). The third-order valence-corrected chi connectivity index (χ3v) is 4.69. The fourth-order valence-electron chi connectivity index (χ4n) is 3.28. The lowest BCUT2D eigenvalue weighted by Crippen LogP contribution is -2.33. The van der Waals surface area contributed by atoms with Crippen LogP contribution < -0.4 is 15.6 Å². The Morgan fingerprint density at radius 1 is 1.38 bits per heavy atom. The number of aliphatic hydroxyl groups is 1. The number of hydrogen-bond acceptors (Lipinski definition) is 6. The van der Waals surface area contributed by atoms with E-state index in [9.17, 15) is 14.7 Å². The number of rotatable bonds is 6. The Labute approximate surface area is 149 Å². The standard InChI is InChI=1S/C17H22N4O5/c1-26-12-6-14-13(18-8-12)2-3-16(23)21(14)5-4-20-9-11(15(22)10-20)7-19-17(24)25/h2-3,6,8,11,15,19,22H,4-5,7,9-10H2,1H3,(H,24,25)/t11-,15+/m1/s1. The Kier molecular flexibility index (Phi) is 5.38. The van der Waals surface area contributed by atoms with E-state index in [-0.39, 0.29) is 18.0 Å². The number of nitrogens with one attached hydrogen (secondary N) is 1. The molecule has 9 heteroatoms. The van der Waals surface area contributed by atoms with Crippen LogP contribution in [0.4, 0.5) is 4.79 Å². The van der Waals surface area contributed by atoms with Crippen LogP contribution in [0.1, 0.15) is 0 Å². The van der Waals surface area contributed by atoms with E-state index in [0.29, 0.717) is 43.0 Å². The topological polar surface area (TPSA) is 117 Å². The van der Waals surface area contributed by atoms with Gasteiger partial charge in [-0.3, -0.25) is 14.7 Å². The Morgan fingerprint density at radius 2 is 2.19 bits per heavy atom. The van der Waals surface area contributed by atoms with Crippen molar-refractivity contribution in [2.45, 2.75) is 12.6 Å². The lowest BCUT2D eigenvalue weighted by molar-refractivity contribution is 0.138. The van der Waals surface area contributed by atoms with Crippen LogP contribution in [0.15, 0.2) is 29.2 Å². The molecule has 3 heterocycles. The zero-order valence-corrected chi connectivity index (χ0v) is 14.5. The molecular weight excluding hydrogens is 340 g/mol. The molecule has 1 saturated heterocycles. The van der Waals surface area contributed by atoms with Crippen molar-refractivity contribution in [3.05, 3.63) is 34.7 Å². The van der Waals surface area contributed by atoms with Crippen molar-refractivity contribution in [2.24, 2.45) is 5.92 Å². The highest BCUT2D eigenvalue weighted by molar-refractivity contribution is 5.75. The molecule has 140 valence electrons. The third-order valence-electron chi connectivity index (χ3n) is 4.69. The van der Waals surface area contributed by atoms with Crippen LogP contribution in [0.25, 0.3) is 11.0 Å². The molecule has 1 amide bonds. The minimum absolute atomic E-state index is 0.128. The zero-order valence-electron chi connectivity index (χ0n) is 14.5. The van der Waals surface area contributed by atoms with E-state index in [0.717, 1.165) is 0 Å². The number of aliphatic hydroxyl groups excluding tert-OH is 1. The fraction of sp³-hybridized carbons (Fsp3) is 0.471.